The van der Waals surface area contributed by atoms with E-state index < -0.39 is 0 Å². The van der Waals surface area contributed by atoms with Crippen molar-refractivity contribution in [3.05, 3.63) is 0 Å². The van der Waals surface area contributed by atoms with Crippen LogP contribution in [0, 0.1) is 5.92 Å². The molecule has 2 atom stereocenters. The predicted octanol–water partition coefficient (Wildman–Crippen LogP) is 1.71. The van der Waals surface area contributed by atoms with Crippen LogP contribution in [0.4, 0.5) is 0 Å². The summed E-state index contributed by atoms with van der Waals surface area (Å²) >= 11 is 0. The molecular formula is C11H24N2. The van der Waals surface area contributed by atoms with Gasteiger partial charge in [0, 0.05) is 25.2 Å². The number of likely N-dealkylation sites (tertiary alicyclic amines) is 1. The number of hydrogen-bond donors (Lipinski definition) is 1. The van der Waals surface area contributed by atoms with Gasteiger partial charge in [-0.3, -0.25) is 4.90 Å². The van der Waals surface area contributed by atoms with Crippen molar-refractivity contribution in [1.29, 1.82) is 0 Å². The highest BCUT2D eigenvalue weighted by molar-refractivity contribution is 4.85. The Hall–Kier alpha value is -0.0800. The third kappa shape index (κ3) is 2.68. The van der Waals surface area contributed by atoms with Crippen molar-refractivity contribution in [1.82, 2.24) is 10.2 Å². The molecule has 1 heterocycles. The monoisotopic (exact) mass is 184 g/mol. The van der Waals surface area contributed by atoms with E-state index in [0.29, 0.717) is 0 Å². The van der Waals surface area contributed by atoms with E-state index in [-0.39, 0.29) is 0 Å². The van der Waals surface area contributed by atoms with E-state index in [4.69, 9.17) is 0 Å². The van der Waals surface area contributed by atoms with Gasteiger partial charge in [-0.25, -0.2) is 0 Å². The lowest BCUT2D eigenvalue weighted by molar-refractivity contribution is 0.182. The molecule has 0 amide bonds. The van der Waals surface area contributed by atoms with E-state index in [0.717, 1.165) is 18.0 Å². The molecule has 78 valence electrons. The van der Waals surface area contributed by atoms with Crippen molar-refractivity contribution in [3.8, 4) is 0 Å². The highest BCUT2D eigenvalue weighted by Gasteiger charge is 2.27. The third-order valence-electron chi connectivity index (χ3n) is 3.28. The van der Waals surface area contributed by atoms with E-state index in [1.807, 2.05) is 0 Å². The Morgan fingerprint density at radius 1 is 1.46 bits per heavy atom. The molecule has 1 fully saturated rings. The Kier molecular flexibility index (Phi) is 4.20. The molecule has 0 saturated carbocycles. The number of rotatable bonds is 4. The van der Waals surface area contributed by atoms with Crippen LogP contribution in [0.3, 0.4) is 0 Å². The van der Waals surface area contributed by atoms with Gasteiger partial charge in [-0.15, -0.1) is 0 Å². The zero-order valence-corrected chi connectivity index (χ0v) is 9.51. The van der Waals surface area contributed by atoms with Gasteiger partial charge in [0.05, 0.1) is 0 Å². The molecule has 0 aliphatic carbocycles. The maximum Gasteiger partial charge on any atom is 0.0204 e. The van der Waals surface area contributed by atoms with E-state index in [1.165, 1.54) is 25.9 Å². The Morgan fingerprint density at radius 3 is 2.54 bits per heavy atom. The standard InChI is InChI=1S/C11H24N2/c1-5-11(9(2)3)13-7-6-10(8-13)12-4/h9-12H,5-8H2,1-4H3. The smallest absolute Gasteiger partial charge is 0.0204 e. The van der Waals surface area contributed by atoms with Crippen LogP contribution < -0.4 is 5.32 Å². The number of nitrogens with zero attached hydrogens (tertiary/aromatic N) is 1. The second-order valence-electron chi connectivity index (χ2n) is 4.49. The summed E-state index contributed by atoms with van der Waals surface area (Å²) in [7, 11) is 2.07. The molecule has 0 bridgehead atoms. The fraction of sp³-hybridized carbons (Fsp3) is 1.00. The van der Waals surface area contributed by atoms with Gasteiger partial charge in [-0.05, 0) is 25.8 Å². The summed E-state index contributed by atoms with van der Waals surface area (Å²) in [5.74, 6) is 0.792. The summed E-state index contributed by atoms with van der Waals surface area (Å²) in [5.41, 5.74) is 0. The number of likely N-dealkylation sites (N-methyl/N-ethyl adjacent to an activating group) is 1. The molecule has 2 unspecified atom stereocenters. The molecule has 1 rings (SSSR count). The van der Waals surface area contributed by atoms with Crippen molar-refractivity contribution in [2.45, 2.75) is 45.7 Å². The molecular weight excluding hydrogens is 160 g/mol. The third-order valence-corrected chi connectivity index (χ3v) is 3.28. The fourth-order valence-electron chi connectivity index (χ4n) is 2.48. The quantitative estimate of drug-likeness (QED) is 0.715. The molecule has 0 aromatic rings. The van der Waals surface area contributed by atoms with Crippen molar-refractivity contribution in [3.63, 3.8) is 0 Å². The Bertz CT molecular complexity index is 145. The first-order chi connectivity index (χ1) is 6.19. The van der Waals surface area contributed by atoms with Gasteiger partial charge in [0.15, 0.2) is 0 Å². The topological polar surface area (TPSA) is 15.3 Å². The second kappa shape index (κ2) is 4.97. The van der Waals surface area contributed by atoms with Crippen LogP contribution >= 0.6 is 0 Å². The maximum absolute atomic E-state index is 3.37. The first-order valence-corrected chi connectivity index (χ1v) is 5.60. The fourth-order valence-corrected chi connectivity index (χ4v) is 2.48. The first-order valence-electron chi connectivity index (χ1n) is 5.60. The average Bonchev–Trinajstić information content (AvgIpc) is 2.53. The predicted molar refractivity (Wildman–Crippen MR) is 58.0 cm³/mol. The van der Waals surface area contributed by atoms with Gasteiger partial charge >= 0.3 is 0 Å². The molecule has 1 aliphatic heterocycles. The van der Waals surface area contributed by atoms with Crippen LogP contribution in [0.5, 0.6) is 0 Å². The lowest BCUT2D eigenvalue weighted by Crippen LogP contribution is -2.39. The summed E-state index contributed by atoms with van der Waals surface area (Å²) in [4.78, 5) is 2.64. The maximum atomic E-state index is 3.37. The van der Waals surface area contributed by atoms with Crippen LogP contribution in [0.1, 0.15) is 33.6 Å². The summed E-state index contributed by atoms with van der Waals surface area (Å²) in [6.45, 7) is 9.49. The van der Waals surface area contributed by atoms with Gasteiger partial charge in [0.1, 0.15) is 0 Å². The van der Waals surface area contributed by atoms with Crippen molar-refractivity contribution >= 4 is 0 Å². The highest BCUT2D eigenvalue weighted by Crippen LogP contribution is 2.20. The van der Waals surface area contributed by atoms with E-state index in [2.05, 4.69) is 38.0 Å². The Labute approximate surface area is 82.7 Å². The van der Waals surface area contributed by atoms with Crippen LogP contribution in [-0.2, 0) is 0 Å². The molecule has 0 spiro atoms. The van der Waals surface area contributed by atoms with Crippen molar-refractivity contribution < 1.29 is 0 Å². The minimum Gasteiger partial charge on any atom is -0.316 e. The largest absolute Gasteiger partial charge is 0.316 e. The minimum absolute atomic E-state index is 0.729. The van der Waals surface area contributed by atoms with Gasteiger partial charge in [0.2, 0.25) is 0 Å². The van der Waals surface area contributed by atoms with Crippen LogP contribution in [0.25, 0.3) is 0 Å². The van der Waals surface area contributed by atoms with Gasteiger partial charge in [-0.2, -0.15) is 0 Å². The number of hydrogen-bond acceptors (Lipinski definition) is 2. The normalized spacial score (nSPS) is 27.0. The molecule has 0 aromatic carbocycles. The van der Waals surface area contributed by atoms with Crippen molar-refractivity contribution in [2.75, 3.05) is 20.1 Å². The molecule has 2 nitrogen and oxygen atoms in total. The van der Waals surface area contributed by atoms with Gasteiger partial charge in [-0.1, -0.05) is 20.8 Å². The Morgan fingerprint density at radius 2 is 2.15 bits per heavy atom. The van der Waals surface area contributed by atoms with Crippen molar-refractivity contribution in [2.24, 2.45) is 5.92 Å². The molecule has 0 radical (unpaired) electrons. The zero-order valence-electron chi connectivity index (χ0n) is 9.51. The zero-order chi connectivity index (χ0) is 9.84. The lowest BCUT2D eigenvalue weighted by atomic mass is 10.0. The molecule has 13 heavy (non-hydrogen) atoms. The number of nitrogens with one attached hydrogen (secondary N) is 1. The Balaban J connectivity index is 2.43. The van der Waals surface area contributed by atoms with Gasteiger partial charge < -0.3 is 5.32 Å². The highest BCUT2D eigenvalue weighted by atomic mass is 15.2. The van der Waals surface area contributed by atoms with Crippen LogP contribution in [0.2, 0.25) is 0 Å². The van der Waals surface area contributed by atoms with E-state index in [9.17, 15) is 0 Å². The SMILES string of the molecule is CCC(C(C)C)N1CCC(NC)C1. The van der Waals surface area contributed by atoms with E-state index >= 15 is 0 Å². The molecule has 1 aliphatic rings. The van der Waals surface area contributed by atoms with Crippen LogP contribution in [-0.4, -0.2) is 37.1 Å². The minimum atomic E-state index is 0.729. The summed E-state index contributed by atoms with van der Waals surface area (Å²) in [6.07, 6.45) is 2.60. The van der Waals surface area contributed by atoms with Gasteiger partial charge in [0.25, 0.3) is 0 Å². The summed E-state index contributed by atoms with van der Waals surface area (Å²) in [6, 6.07) is 1.52. The lowest BCUT2D eigenvalue weighted by Gasteiger charge is -2.30. The molecule has 2 heteroatoms. The van der Waals surface area contributed by atoms with E-state index in [1.54, 1.807) is 0 Å². The van der Waals surface area contributed by atoms with Crippen LogP contribution in [0.15, 0.2) is 0 Å². The molecule has 1 saturated heterocycles. The average molecular weight is 184 g/mol. The molecule has 0 aromatic heterocycles. The first kappa shape index (κ1) is 11.0. The summed E-state index contributed by atoms with van der Waals surface area (Å²) in [5, 5.41) is 3.37. The molecule has 1 N–H and O–H groups in total. The summed E-state index contributed by atoms with van der Waals surface area (Å²) < 4.78 is 0. The second-order valence-corrected chi connectivity index (χ2v) is 4.49.